The lowest BCUT2D eigenvalue weighted by Gasteiger charge is -2.54. The van der Waals surface area contributed by atoms with E-state index >= 15 is 0 Å². The summed E-state index contributed by atoms with van der Waals surface area (Å²) in [7, 11) is 1.76. The standard InChI is InChI=1S/C31H37NO/c1-28(2,3)23-15-16-27-26(20-23)30(5)21-29(4,24-13-10-14-25(19-24)33-6)17-18-31(30,32-27)22-11-8-7-9-12-22/h7-16,19-20,32H,17-18,21H2,1-6H3/t29-,30-,31-/m1/s1. The molecule has 0 amide bonds. The summed E-state index contributed by atoms with van der Waals surface area (Å²) in [5, 5.41) is 4.07. The third-order valence-corrected chi connectivity index (χ3v) is 8.60. The van der Waals surface area contributed by atoms with Gasteiger partial charge in [-0.2, -0.15) is 0 Å². The van der Waals surface area contributed by atoms with E-state index in [-0.39, 0.29) is 21.8 Å². The minimum atomic E-state index is -0.106. The van der Waals surface area contributed by atoms with Gasteiger partial charge in [0.05, 0.1) is 12.6 Å². The molecule has 2 aliphatic rings. The fourth-order valence-electron chi connectivity index (χ4n) is 6.59. The van der Waals surface area contributed by atoms with Gasteiger partial charge in [-0.3, -0.25) is 0 Å². The number of benzene rings is 3. The van der Waals surface area contributed by atoms with Crippen molar-refractivity contribution in [3.63, 3.8) is 0 Å². The maximum absolute atomic E-state index is 5.59. The zero-order chi connectivity index (χ0) is 23.5. The maximum Gasteiger partial charge on any atom is 0.119 e. The van der Waals surface area contributed by atoms with Gasteiger partial charge in [0, 0.05) is 11.1 Å². The van der Waals surface area contributed by atoms with Gasteiger partial charge in [0.15, 0.2) is 0 Å². The van der Waals surface area contributed by atoms with Crippen LogP contribution in [-0.2, 0) is 21.8 Å². The second-order valence-corrected chi connectivity index (χ2v) is 11.7. The van der Waals surface area contributed by atoms with Gasteiger partial charge in [0.1, 0.15) is 5.75 Å². The Morgan fingerprint density at radius 3 is 2.24 bits per heavy atom. The molecular weight excluding hydrogens is 402 g/mol. The largest absolute Gasteiger partial charge is 0.497 e. The molecule has 2 heteroatoms. The number of hydrogen-bond acceptors (Lipinski definition) is 2. The Balaban J connectivity index is 1.69. The molecule has 0 spiro atoms. The van der Waals surface area contributed by atoms with Crippen molar-refractivity contribution < 1.29 is 4.74 Å². The van der Waals surface area contributed by atoms with Crippen molar-refractivity contribution in [2.24, 2.45) is 0 Å². The third kappa shape index (κ3) is 3.29. The van der Waals surface area contributed by atoms with E-state index in [0.29, 0.717) is 0 Å². The van der Waals surface area contributed by atoms with E-state index in [0.717, 1.165) is 25.0 Å². The van der Waals surface area contributed by atoms with Gasteiger partial charge in [-0.05, 0) is 70.5 Å². The molecule has 0 saturated heterocycles. The molecule has 1 saturated carbocycles. The number of hydrogen-bond donors (Lipinski definition) is 1. The van der Waals surface area contributed by atoms with Crippen molar-refractivity contribution in [3.05, 3.63) is 95.1 Å². The van der Waals surface area contributed by atoms with E-state index in [1.54, 1.807) is 7.11 Å². The molecule has 1 heterocycles. The van der Waals surface area contributed by atoms with Crippen LogP contribution in [0.4, 0.5) is 5.69 Å². The Hall–Kier alpha value is -2.74. The van der Waals surface area contributed by atoms with E-state index < -0.39 is 0 Å². The van der Waals surface area contributed by atoms with Crippen molar-refractivity contribution in [2.75, 3.05) is 12.4 Å². The summed E-state index contributed by atoms with van der Waals surface area (Å²) in [5.41, 5.74) is 6.99. The van der Waals surface area contributed by atoms with Crippen LogP contribution in [0.2, 0.25) is 0 Å². The van der Waals surface area contributed by atoms with Crippen LogP contribution in [0.3, 0.4) is 0 Å². The molecule has 1 aliphatic carbocycles. The van der Waals surface area contributed by atoms with Gasteiger partial charge in [-0.1, -0.05) is 89.2 Å². The van der Waals surface area contributed by atoms with Crippen molar-refractivity contribution in [1.82, 2.24) is 0 Å². The summed E-state index contributed by atoms with van der Waals surface area (Å²) in [6, 6.07) is 27.0. The molecule has 3 aromatic rings. The second kappa shape index (κ2) is 7.38. The molecular formula is C31H37NO. The lowest BCUT2D eigenvalue weighted by atomic mass is 9.51. The quantitative estimate of drug-likeness (QED) is 0.451. The molecule has 0 unspecified atom stereocenters. The van der Waals surface area contributed by atoms with E-state index in [1.807, 2.05) is 6.07 Å². The highest BCUT2D eigenvalue weighted by Gasteiger charge is 2.61. The fraction of sp³-hybridized carbons (Fsp3) is 0.419. The van der Waals surface area contributed by atoms with E-state index in [1.165, 1.54) is 27.9 Å². The van der Waals surface area contributed by atoms with Crippen molar-refractivity contribution in [3.8, 4) is 5.75 Å². The molecule has 172 valence electrons. The van der Waals surface area contributed by atoms with Gasteiger partial charge in [0.2, 0.25) is 0 Å². The Bertz CT molecular complexity index is 1180. The van der Waals surface area contributed by atoms with Crippen LogP contribution in [0.25, 0.3) is 0 Å². The number of anilines is 1. The summed E-state index contributed by atoms with van der Waals surface area (Å²) in [6.45, 7) is 11.9. The molecule has 3 aromatic carbocycles. The summed E-state index contributed by atoms with van der Waals surface area (Å²) in [6.07, 6.45) is 3.29. The molecule has 5 rings (SSSR count). The second-order valence-electron chi connectivity index (χ2n) is 11.7. The number of ether oxygens (including phenoxy) is 1. The minimum absolute atomic E-state index is 0.0407. The lowest BCUT2D eigenvalue weighted by molar-refractivity contribution is 0.128. The van der Waals surface area contributed by atoms with E-state index in [4.69, 9.17) is 4.74 Å². The van der Waals surface area contributed by atoms with Gasteiger partial charge in [0.25, 0.3) is 0 Å². The van der Waals surface area contributed by atoms with Gasteiger partial charge < -0.3 is 10.1 Å². The first-order valence-corrected chi connectivity index (χ1v) is 12.2. The van der Waals surface area contributed by atoms with Crippen LogP contribution in [0.5, 0.6) is 5.75 Å². The zero-order valence-corrected chi connectivity index (χ0v) is 21.0. The Labute approximate surface area is 199 Å². The SMILES string of the molecule is COc1cccc([C@]2(C)CC[C@]3(c4ccccc4)Nc4ccc(C(C)(C)C)cc4[C@@]3(C)C2)c1. The molecule has 2 nitrogen and oxygen atoms in total. The highest BCUT2D eigenvalue weighted by atomic mass is 16.5. The first kappa shape index (κ1) is 22.1. The van der Waals surface area contributed by atoms with Crippen molar-refractivity contribution in [2.45, 2.75) is 75.7 Å². The molecule has 3 atom stereocenters. The summed E-state index contributed by atoms with van der Waals surface area (Å²) < 4.78 is 5.59. The molecule has 1 aliphatic heterocycles. The zero-order valence-electron chi connectivity index (χ0n) is 21.0. The first-order chi connectivity index (χ1) is 15.6. The maximum atomic E-state index is 5.59. The fourth-order valence-corrected chi connectivity index (χ4v) is 6.59. The molecule has 0 bridgehead atoms. The first-order valence-electron chi connectivity index (χ1n) is 12.2. The lowest BCUT2D eigenvalue weighted by Crippen LogP contribution is -2.55. The Morgan fingerprint density at radius 2 is 1.55 bits per heavy atom. The van der Waals surface area contributed by atoms with Crippen LogP contribution in [0, 0.1) is 0 Å². The highest BCUT2D eigenvalue weighted by Crippen LogP contribution is 2.64. The summed E-state index contributed by atoms with van der Waals surface area (Å²) >= 11 is 0. The van der Waals surface area contributed by atoms with E-state index in [9.17, 15) is 0 Å². The number of rotatable bonds is 3. The smallest absolute Gasteiger partial charge is 0.119 e. The molecule has 1 N–H and O–H groups in total. The van der Waals surface area contributed by atoms with Crippen LogP contribution < -0.4 is 10.1 Å². The minimum Gasteiger partial charge on any atom is -0.497 e. The molecule has 0 aromatic heterocycles. The van der Waals surface area contributed by atoms with Crippen LogP contribution in [0.1, 0.15) is 76.1 Å². The number of nitrogens with one attached hydrogen (secondary N) is 1. The topological polar surface area (TPSA) is 21.3 Å². The average Bonchev–Trinajstić information content (AvgIpc) is 3.07. The predicted octanol–water partition coefficient (Wildman–Crippen LogP) is 7.71. The van der Waals surface area contributed by atoms with Crippen LogP contribution in [0.15, 0.2) is 72.8 Å². The summed E-state index contributed by atoms with van der Waals surface area (Å²) in [5.74, 6) is 0.943. The highest BCUT2D eigenvalue weighted by molar-refractivity contribution is 5.68. The Kier molecular flexibility index (Phi) is 4.94. The monoisotopic (exact) mass is 439 g/mol. The summed E-state index contributed by atoms with van der Waals surface area (Å²) in [4.78, 5) is 0. The van der Waals surface area contributed by atoms with Crippen molar-refractivity contribution in [1.29, 1.82) is 0 Å². The van der Waals surface area contributed by atoms with Gasteiger partial charge in [-0.15, -0.1) is 0 Å². The Morgan fingerprint density at radius 1 is 0.818 bits per heavy atom. The predicted molar refractivity (Wildman–Crippen MR) is 138 cm³/mol. The average molecular weight is 440 g/mol. The number of methoxy groups -OCH3 is 1. The normalized spacial score (nSPS) is 28.5. The third-order valence-electron chi connectivity index (χ3n) is 8.60. The van der Waals surface area contributed by atoms with Gasteiger partial charge in [-0.25, -0.2) is 0 Å². The number of fused-ring (bicyclic) bond motifs is 3. The van der Waals surface area contributed by atoms with E-state index in [2.05, 4.69) is 107 Å². The van der Waals surface area contributed by atoms with Gasteiger partial charge >= 0.3 is 0 Å². The van der Waals surface area contributed by atoms with Crippen molar-refractivity contribution >= 4 is 5.69 Å². The molecule has 33 heavy (non-hydrogen) atoms. The molecule has 0 radical (unpaired) electrons. The molecule has 1 fully saturated rings. The van der Waals surface area contributed by atoms with Crippen LogP contribution in [-0.4, -0.2) is 7.11 Å². The van der Waals surface area contributed by atoms with Crippen LogP contribution >= 0.6 is 0 Å².